The van der Waals surface area contributed by atoms with E-state index in [0.29, 0.717) is 16.8 Å². The molecule has 0 spiro atoms. The van der Waals surface area contributed by atoms with E-state index in [4.69, 9.17) is 0 Å². The number of aromatic nitrogens is 3. The summed E-state index contributed by atoms with van der Waals surface area (Å²) in [7, 11) is 0. The number of fused-ring (bicyclic) bond motifs is 1. The average Bonchev–Trinajstić information content (AvgIpc) is 2.85. The van der Waals surface area contributed by atoms with Gasteiger partial charge in [0.1, 0.15) is 5.82 Å². The lowest BCUT2D eigenvalue weighted by Crippen LogP contribution is -2.44. The number of benzene rings is 2. The average molecular weight is 442 g/mol. The minimum Gasteiger partial charge on any atom is -0.349 e. The maximum atomic E-state index is 13.4. The van der Waals surface area contributed by atoms with E-state index >= 15 is 0 Å². The van der Waals surface area contributed by atoms with Crippen LogP contribution < -0.4 is 5.32 Å². The van der Waals surface area contributed by atoms with Crippen molar-refractivity contribution in [3.05, 3.63) is 90.0 Å². The van der Waals surface area contributed by atoms with E-state index in [2.05, 4.69) is 37.5 Å². The molecule has 6 nitrogen and oxygen atoms in total. The molecule has 2 aromatic carbocycles. The zero-order valence-corrected chi connectivity index (χ0v) is 18.1. The van der Waals surface area contributed by atoms with Crippen LogP contribution in [0.15, 0.2) is 72.9 Å². The van der Waals surface area contributed by atoms with E-state index in [1.54, 1.807) is 30.5 Å². The summed E-state index contributed by atoms with van der Waals surface area (Å²) in [6.45, 7) is 2.52. The Kier molecular flexibility index (Phi) is 6.04. The molecule has 0 atom stereocenters. The molecule has 33 heavy (non-hydrogen) atoms. The van der Waals surface area contributed by atoms with E-state index in [1.165, 1.54) is 12.1 Å². The normalized spacial score (nSPS) is 14.9. The molecule has 7 heteroatoms. The Bertz CT molecular complexity index is 1270. The number of hydrogen-bond donors (Lipinski definition) is 1. The summed E-state index contributed by atoms with van der Waals surface area (Å²) in [5.41, 5.74) is 3.69. The van der Waals surface area contributed by atoms with E-state index in [0.717, 1.165) is 49.1 Å². The smallest absolute Gasteiger partial charge is 0.253 e. The van der Waals surface area contributed by atoms with Gasteiger partial charge in [-0.1, -0.05) is 30.3 Å². The molecule has 2 aromatic heterocycles. The number of carbonyl (C=O) groups excluding carboxylic acids is 1. The second-order valence-corrected chi connectivity index (χ2v) is 8.36. The van der Waals surface area contributed by atoms with Gasteiger partial charge in [0.15, 0.2) is 0 Å². The van der Waals surface area contributed by atoms with Gasteiger partial charge in [-0.05, 0) is 49.2 Å². The third-order valence-electron chi connectivity index (χ3n) is 6.00. The van der Waals surface area contributed by atoms with Gasteiger partial charge in [-0.2, -0.15) is 10.2 Å². The Morgan fingerprint density at radius 3 is 2.64 bits per heavy atom. The molecule has 0 saturated carbocycles. The Labute approximate surface area is 191 Å². The fraction of sp³-hybridized carbons (Fsp3) is 0.231. The Morgan fingerprint density at radius 2 is 1.85 bits per heavy atom. The molecule has 1 fully saturated rings. The lowest BCUT2D eigenvalue weighted by molar-refractivity contribution is 0.0908. The van der Waals surface area contributed by atoms with Gasteiger partial charge in [-0.15, -0.1) is 0 Å². The van der Waals surface area contributed by atoms with E-state index in [1.807, 2.05) is 18.2 Å². The van der Waals surface area contributed by atoms with Crippen molar-refractivity contribution in [2.75, 3.05) is 13.1 Å². The minimum atomic E-state index is -0.310. The lowest BCUT2D eigenvalue weighted by atomic mass is 10.0. The molecule has 1 aliphatic rings. The number of nitrogens with one attached hydrogen (secondary N) is 1. The standard InChI is InChI=1S/C26H24FN5O/c27-21-6-3-5-18(14-21)24-9-8-20(16-28-24)26(33)29-22-10-12-32(13-11-22)17-23-15-19-4-1-2-7-25(19)31-30-23/h1-9,14-16,22H,10-13,17H2,(H,29,33). The van der Waals surface area contributed by atoms with Crippen molar-refractivity contribution in [3.8, 4) is 11.3 Å². The number of hydrogen-bond acceptors (Lipinski definition) is 5. The number of carbonyl (C=O) groups is 1. The van der Waals surface area contributed by atoms with E-state index in [9.17, 15) is 9.18 Å². The van der Waals surface area contributed by atoms with Crippen LogP contribution in [0.5, 0.6) is 0 Å². The number of rotatable bonds is 5. The van der Waals surface area contributed by atoms with Crippen molar-refractivity contribution in [1.29, 1.82) is 0 Å². The molecule has 0 radical (unpaired) electrons. The molecule has 4 aromatic rings. The van der Waals surface area contributed by atoms with Gasteiger partial charge in [0.25, 0.3) is 5.91 Å². The van der Waals surface area contributed by atoms with Crippen molar-refractivity contribution >= 4 is 16.8 Å². The SMILES string of the molecule is O=C(NC1CCN(Cc2cc3ccccc3nn2)CC1)c1ccc(-c2cccc(F)c2)nc1. The zero-order chi connectivity index (χ0) is 22.6. The number of likely N-dealkylation sites (tertiary alicyclic amines) is 1. The monoisotopic (exact) mass is 441 g/mol. The molecule has 5 rings (SSSR count). The van der Waals surface area contributed by atoms with E-state index in [-0.39, 0.29) is 17.8 Å². The van der Waals surface area contributed by atoms with Gasteiger partial charge in [-0.25, -0.2) is 4.39 Å². The number of pyridine rings is 1. The van der Waals surface area contributed by atoms with Crippen LogP contribution in [-0.4, -0.2) is 45.1 Å². The third-order valence-corrected chi connectivity index (χ3v) is 6.00. The van der Waals surface area contributed by atoms with Crippen LogP contribution >= 0.6 is 0 Å². The van der Waals surface area contributed by atoms with Crippen molar-refractivity contribution < 1.29 is 9.18 Å². The van der Waals surface area contributed by atoms with Gasteiger partial charge < -0.3 is 5.32 Å². The summed E-state index contributed by atoms with van der Waals surface area (Å²) >= 11 is 0. The van der Waals surface area contributed by atoms with Gasteiger partial charge in [-0.3, -0.25) is 14.7 Å². The van der Waals surface area contributed by atoms with Crippen molar-refractivity contribution in [2.45, 2.75) is 25.4 Å². The van der Waals surface area contributed by atoms with Gasteiger partial charge in [0, 0.05) is 42.8 Å². The first-order chi connectivity index (χ1) is 16.1. The predicted octanol–water partition coefficient (Wildman–Crippen LogP) is 4.23. The first-order valence-electron chi connectivity index (χ1n) is 11.1. The summed E-state index contributed by atoms with van der Waals surface area (Å²) in [6.07, 6.45) is 3.30. The topological polar surface area (TPSA) is 71.0 Å². The minimum absolute atomic E-state index is 0.124. The highest BCUT2D eigenvalue weighted by molar-refractivity contribution is 5.94. The van der Waals surface area contributed by atoms with Crippen molar-refractivity contribution in [2.24, 2.45) is 0 Å². The maximum Gasteiger partial charge on any atom is 0.253 e. The first kappa shape index (κ1) is 21.2. The molecule has 0 bridgehead atoms. The summed E-state index contributed by atoms with van der Waals surface area (Å²) < 4.78 is 13.4. The predicted molar refractivity (Wildman–Crippen MR) is 125 cm³/mol. The highest BCUT2D eigenvalue weighted by Crippen LogP contribution is 2.19. The fourth-order valence-electron chi connectivity index (χ4n) is 4.18. The number of nitrogens with zero attached hydrogens (tertiary/aromatic N) is 4. The zero-order valence-electron chi connectivity index (χ0n) is 18.1. The number of halogens is 1. The van der Waals surface area contributed by atoms with Crippen LogP contribution in [0.2, 0.25) is 0 Å². The Hall–Kier alpha value is -3.71. The molecule has 1 aliphatic heterocycles. The Balaban J connectivity index is 1.14. The summed E-state index contributed by atoms with van der Waals surface area (Å²) in [6, 6.07) is 19.9. The largest absolute Gasteiger partial charge is 0.349 e. The molecule has 166 valence electrons. The van der Waals surface area contributed by atoms with Crippen LogP contribution in [0.25, 0.3) is 22.2 Å². The van der Waals surface area contributed by atoms with Gasteiger partial charge in [0.05, 0.1) is 22.5 Å². The fourth-order valence-corrected chi connectivity index (χ4v) is 4.18. The molecule has 0 aliphatic carbocycles. The molecule has 1 saturated heterocycles. The second kappa shape index (κ2) is 9.42. The molecule has 1 amide bonds. The Morgan fingerprint density at radius 1 is 1.00 bits per heavy atom. The summed E-state index contributed by atoms with van der Waals surface area (Å²) in [5.74, 6) is -0.442. The molecular weight excluding hydrogens is 417 g/mol. The lowest BCUT2D eigenvalue weighted by Gasteiger charge is -2.32. The van der Waals surface area contributed by atoms with Gasteiger partial charge >= 0.3 is 0 Å². The van der Waals surface area contributed by atoms with Crippen molar-refractivity contribution in [1.82, 2.24) is 25.4 Å². The quantitative estimate of drug-likeness (QED) is 0.502. The third kappa shape index (κ3) is 5.04. The van der Waals surface area contributed by atoms with Crippen LogP contribution in [0, 0.1) is 5.82 Å². The molecule has 0 unspecified atom stereocenters. The van der Waals surface area contributed by atoms with Crippen molar-refractivity contribution in [3.63, 3.8) is 0 Å². The van der Waals surface area contributed by atoms with E-state index < -0.39 is 0 Å². The van der Waals surface area contributed by atoms with Crippen LogP contribution in [0.4, 0.5) is 4.39 Å². The molecule has 1 N–H and O–H groups in total. The van der Waals surface area contributed by atoms with Crippen LogP contribution in [0.3, 0.4) is 0 Å². The highest BCUT2D eigenvalue weighted by atomic mass is 19.1. The number of amides is 1. The maximum absolute atomic E-state index is 13.4. The van der Waals surface area contributed by atoms with Crippen LogP contribution in [-0.2, 0) is 6.54 Å². The molecule has 3 heterocycles. The number of piperidine rings is 1. The van der Waals surface area contributed by atoms with Crippen LogP contribution in [0.1, 0.15) is 28.9 Å². The van der Waals surface area contributed by atoms with Gasteiger partial charge in [0.2, 0.25) is 0 Å². The summed E-state index contributed by atoms with van der Waals surface area (Å²) in [5, 5.41) is 12.9. The molecular formula is C26H24FN5O. The highest BCUT2D eigenvalue weighted by Gasteiger charge is 2.22. The second-order valence-electron chi connectivity index (χ2n) is 8.36. The first-order valence-corrected chi connectivity index (χ1v) is 11.1. The summed E-state index contributed by atoms with van der Waals surface area (Å²) in [4.78, 5) is 19.3.